The molecule has 84 valence electrons. The number of aryl methyl sites for hydroxylation is 1. The summed E-state index contributed by atoms with van der Waals surface area (Å²) < 4.78 is 3.41. The predicted molar refractivity (Wildman–Crippen MR) is 59.0 cm³/mol. The van der Waals surface area contributed by atoms with Gasteiger partial charge in [-0.3, -0.25) is 9.13 Å². The molecule has 0 aromatic carbocycles. The number of nitrogens with zero attached hydrogens (tertiary/aromatic N) is 2. The summed E-state index contributed by atoms with van der Waals surface area (Å²) in [7, 11) is 0. The van der Waals surface area contributed by atoms with Gasteiger partial charge in [0.2, 0.25) is 0 Å². The number of carbonyl (C=O) groups excluding carboxylic acids is 1. The molecule has 0 aliphatic rings. The van der Waals surface area contributed by atoms with Crippen LogP contribution in [0.1, 0.15) is 39.2 Å². The lowest BCUT2D eigenvalue weighted by Crippen LogP contribution is -2.25. The van der Waals surface area contributed by atoms with Gasteiger partial charge >= 0.3 is 5.69 Å². The van der Waals surface area contributed by atoms with Crippen LogP contribution in [0.5, 0.6) is 0 Å². The molecule has 0 atom stereocenters. The average molecular weight is 210 g/mol. The molecule has 1 rings (SSSR count). The van der Waals surface area contributed by atoms with E-state index in [1.54, 1.807) is 9.13 Å². The normalized spacial score (nSPS) is 10.9. The van der Waals surface area contributed by atoms with Crippen molar-refractivity contribution >= 4 is 6.29 Å². The van der Waals surface area contributed by atoms with Gasteiger partial charge in [0, 0.05) is 31.4 Å². The summed E-state index contributed by atoms with van der Waals surface area (Å²) in [6.07, 6.45) is 6.85. The number of imidazole rings is 1. The Kier molecular flexibility index (Phi) is 4.34. The lowest BCUT2D eigenvalue weighted by Gasteiger charge is -2.04. The molecule has 0 N–H and O–H groups in total. The Balaban J connectivity index is 2.55. The highest BCUT2D eigenvalue weighted by Crippen LogP contribution is 2.01. The Morgan fingerprint density at radius 3 is 2.60 bits per heavy atom. The molecule has 4 heteroatoms. The van der Waals surface area contributed by atoms with Crippen LogP contribution in [0.2, 0.25) is 0 Å². The van der Waals surface area contributed by atoms with E-state index in [9.17, 15) is 9.59 Å². The SMILES string of the molecule is CC(C)n1ccn(CCCCC=O)c1=O. The first-order chi connectivity index (χ1) is 7.16. The maximum Gasteiger partial charge on any atom is 0.328 e. The summed E-state index contributed by atoms with van der Waals surface area (Å²) >= 11 is 0. The average Bonchev–Trinajstić information content (AvgIpc) is 2.55. The van der Waals surface area contributed by atoms with Gasteiger partial charge in [0.25, 0.3) is 0 Å². The fourth-order valence-electron chi connectivity index (χ4n) is 1.50. The molecule has 4 nitrogen and oxygen atoms in total. The van der Waals surface area contributed by atoms with E-state index in [0.29, 0.717) is 13.0 Å². The van der Waals surface area contributed by atoms with E-state index in [1.807, 2.05) is 26.2 Å². The van der Waals surface area contributed by atoms with Gasteiger partial charge in [-0.2, -0.15) is 0 Å². The second-order valence-electron chi connectivity index (χ2n) is 3.94. The van der Waals surface area contributed by atoms with Gasteiger partial charge in [-0.05, 0) is 26.7 Å². The molecule has 1 heterocycles. The molecule has 0 radical (unpaired) electrons. The number of carbonyl (C=O) groups is 1. The van der Waals surface area contributed by atoms with Gasteiger partial charge in [-0.25, -0.2) is 4.79 Å². The zero-order valence-electron chi connectivity index (χ0n) is 9.35. The number of hydrogen-bond acceptors (Lipinski definition) is 2. The quantitative estimate of drug-likeness (QED) is 0.528. The first kappa shape index (κ1) is 11.8. The van der Waals surface area contributed by atoms with Crippen LogP contribution in [0, 0.1) is 0 Å². The van der Waals surface area contributed by atoms with E-state index < -0.39 is 0 Å². The predicted octanol–water partition coefficient (Wildman–Crippen LogP) is 1.60. The fraction of sp³-hybridized carbons (Fsp3) is 0.636. The number of aldehydes is 1. The number of rotatable bonds is 6. The monoisotopic (exact) mass is 210 g/mol. The highest BCUT2D eigenvalue weighted by Gasteiger charge is 2.04. The van der Waals surface area contributed by atoms with E-state index >= 15 is 0 Å². The molecular formula is C11H18N2O2. The van der Waals surface area contributed by atoms with Crippen molar-refractivity contribution in [2.45, 2.75) is 45.7 Å². The van der Waals surface area contributed by atoms with Gasteiger partial charge in [-0.1, -0.05) is 0 Å². The first-order valence-corrected chi connectivity index (χ1v) is 5.37. The van der Waals surface area contributed by atoms with E-state index in [2.05, 4.69) is 0 Å². The standard InChI is InChI=1S/C11H18N2O2/c1-10(2)13-8-7-12(11(13)15)6-4-3-5-9-14/h7-10H,3-6H2,1-2H3. The van der Waals surface area contributed by atoms with E-state index in [-0.39, 0.29) is 11.7 Å². The highest BCUT2D eigenvalue weighted by molar-refractivity contribution is 5.48. The van der Waals surface area contributed by atoms with Crippen molar-refractivity contribution < 1.29 is 4.79 Å². The summed E-state index contributed by atoms with van der Waals surface area (Å²) in [4.78, 5) is 21.8. The minimum Gasteiger partial charge on any atom is -0.303 e. The number of aromatic nitrogens is 2. The molecule has 1 aromatic heterocycles. The van der Waals surface area contributed by atoms with Gasteiger partial charge in [0.05, 0.1) is 0 Å². The Morgan fingerprint density at radius 2 is 2.07 bits per heavy atom. The zero-order valence-corrected chi connectivity index (χ0v) is 9.35. The zero-order chi connectivity index (χ0) is 11.3. The van der Waals surface area contributed by atoms with Crippen LogP contribution in [0.25, 0.3) is 0 Å². The molecule has 15 heavy (non-hydrogen) atoms. The molecule has 0 aliphatic heterocycles. The van der Waals surface area contributed by atoms with E-state index in [1.165, 1.54) is 0 Å². The third-order valence-electron chi connectivity index (χ3n) is 2.40. The van der Waals surface area contributed by atoms with Crippen LogP contribution in [0.4, 0.5) is 0 Å². The van der Waals surface area contributed by atoms with Crippen molar-refractivity contribution in [3.8, 4) is 0 Å². The van der Waals surface area contributed by atoms with Crippen LogP contribution in [0.15, 0.2) is 17.2 Å². The van der Waals surface area contributed by atoms with Gasteiger partial charge in [0.15, 0.2) is 0 Å². The summed E-state index contributed by atoms with van der Waals surface area (Å²) in [6, 6.07) is 0.203. The Hall–Kier alpha value is -1.32. The van der Waals surface area contributed by atoms with Gasteiger partial charge in [-0.15, -0.1) is 0 Å². The maximum absolute atomic E-state index is 11.7. The van der Waals surface area contributed by atoms with Crippen molar-refractivity contribution in [1.29, 1.82) is 0 Å². The third-order valence-corrected chi connectivity index (χ3v) is 2.40. The van der Waals surface area contributed by atoms with Crippen LogP contribution in [-0.4, -0.2) is 15.4 Å². The molecule has 1 aromatic rings. The lowest BCUT2D eigenvalue weighted by molar-refractivity contribution is -0.107. The van der Waals surface area contributed by atoms with Crippen molar-refractivity contribution in [3.05, 3.63) is 22.9 Å². The topological polar surface area (TPSA) is 44.0 Å². The van der Waals surface area contributed by atoms with Crippen molar-refractivity contribution in [2.24, 2.45) is 0 Å². The molecule has 0 unspecified atom stereocenters. The van der Waals surface area contributed by atoms with E-state index in [4.69, 9.17) is 0 Å². The summed E-state index contributed by atoms with van der Waals surface area (Å²) in [5, 5.41) is 0. The molecule has 0 spiro atoms. The third kappa shape index (κ3) is 3.08. The van der Waals surface area contributed by atoms with Crippen molar-refractivity contribution in [1.82, 2.24) is 9.13 Å². The summed E-state index contributed by atoms with van der Waals surface area (Å²) in [5.74, 6) is 0. The Labute approximate surface area is 89.5 Å². The molecule has 0 saturated carbocycles. The number of unbranched alkanes of at least 4 members (excludes halogenated alkanes) is 2. The minimum absolute atomic E-state index is 0.0381. The van der Waals surface area contributed by atoms with Gasteiger partial charge in [0.1, 0.15) is 6.29 Å². The van der Waals surface area contributed by atoms with Crippen LogP contribution in [-0.2, 0) is 11.3 Å². The molecule has 0 bridgehead atoms. The van der Waals surface area contributed by atoms with Crippen LogP contribution < -0.4 is 5.69 Å². The molecule has 0 fully saturated rings. The van der Waals surface area contributed by atoms with Gasteiger partial charge < -0.3 is 4.79 Å². The highest BCUT2D eigenvalue weighted by atomic mass is 16.1. The second kappa shape index (κ2) is 5.53. The van der Waals surface area contributed by atoms with Crippen molar-refractivity contribution in [3.63, 3.8) is 0 Å². The van der Waals surface area contributed by atoms with E-state index in [0.717, 1.165) is 19.1 Å². The number of hydrogen-bond donors (Lipinski definition) is 0. The molecule has 0 aliphatic carbocycles. The van der Waals surface area contributed by atoms with Crippen LogP contribution >= 0.6 is 0 Å². The molecule has 0 saturated heterocycles. The summed E-state index contributed by atoms with van der Waals surface area (Å²) in [6.45, 7) is 4.67. The fourth-order valence-corrected chi connectivity index (χ4v) is 1.50. The maximum atomic E-state index is 11.7. The van der Waals surface area contributed by atoms with Crippen molar-refractivity contribution in [2.75, 3.05) is 0 Å². The Morgan fingerprint density at radius 1 is 1.33 bits per heavy atom. The minimum atomic E-state index is 0.0381. The lowest BCUT2D eigenvalue weighted by atomic mass is 10.2. The first-order valence-electron chi connectivity index (χ1n) is 5.37. The van der Waals surface area contributed by atoms with Crippen LogP contribution in [0.3, 0.4) is 0 Å². The molecular weight excluding hydrogens is 192 g/mol. The molecule has 0 amide bonds. The largest absolute Gasteiger partial charge is 0.328 e. The smallest absolute Gasteiger partial charge is 0.303 e. The Bertz CT molecular complexity index is 363. The second-order valence-corrected chi connectivity index (χ2v) is 3.94. The summed E-state index contributed by atoms with van der Waals surface area (Å²) in [5.41, 5.74) is 0.0381.